The largest absolute Gasteiger partial charge is 0.330 e. The molecule has 0 aliphatic rings. The normalized spacial score (nSPS) is 12.0. The highest BCUT2D eigenvalue weighted by Crippen LogP contribution is 2.27. The van der Waals surface area contributed by atoms with Gasteiger partial charge in [-0.1, -0.05) is 23.2 Å². The van der Waals surface area contributed by atoms with Crippen molar-refractivity contribution in [3.05, 3.63) is 33.8 Å². The number of benzene rings is 1. The van der Waals surface area contributed by atoms with E-state index >= 15 is 0 Å². The topological polar surface area (TPSA) is 52.0 Å². The first-order chi connectivity index (χ1) is 6.65. The fourth-order valence-electron chi connectivity index (χ4n) is 1.29. The minimum Gasteiger partial charge on any atom is -0.330 e. The van der Waals surface area contributed by atoms with Crippen LogP contribution in [0.25, 0.3) is 0 Å². The summed E-state index contributed by atoms with van der Waals surface area (Å²) in [6.07, 6.45) is 1.72. The molecule has 0 bridgehead atoms. The standard InChI is InChI=1S/C10H14Cl2N2.ClH/c11-7-3-4-9(12)8(6-7)10(14)2-1-5-13;/h3-4,6,10H,1-2,5,13-14H2;1H/t10-;/m0./s1. The zero-order valence-electron chi connectivity index (χ0n) is 8.25. The molecule has 0 aromatic heterocycles. The van der Waals surface area contributed by atoms with Crippen LogP contribution >= 0.6 is 35.6 Å². The number of rotatable bonds is 4. The quantitative estimate of drug-likeness (QED) is 0.882. The maximum atomic E-state index is 6.00. The van der Waals surface area contributed by atoms with Gasteiger partial charge < -0.3 is 11.5 Å². The second kappa shape index (κ2) is 7.31. The molecule has 0 saturated heterocycles. The van der Waals surface area contributed by atoms with E-state index < -0.39 is 0 Å². The minimum atomic E-state index is -0.0789. The lowest BCUT2D eigenvalue weighted by molar-refractivity contribution is 0.618. The molecule has 0 unspecified atom stereocenters. The van der Waals surface area contributed by atoms with Crippen LogP contribution in [0.4, 0.5) is 0 Å². The highest BCUT2D eigenvalue weighted by Gasteiger charge is 2.09. The summed E-state index contributed by atoms with van der Waals surface area (Å²) < 4.78 is 0. The summed E-state index contributed by atoms with van der Waals surface area (Å²) >= 11 is 11.9. The minimum absolute atomic E-state index is 0. The summed E-state index contributed by atoms with van der Waals surface area (Å²) in [5, 5.41) is 1.33. The smallest absolute Gasteiger partial charge is 0.0454 e. The first-order valence-corrected chi connectivity index (χ1v) is 5.31. The predicted octanol–water partition coefficient (Wildman–Crippen LogP) is 3.15. The Hall–Kier alpha value is 0.01000. The van der Waals surface area contributed by atoms with Crippen LogP contribution in [0.15, 0.2) is 18.2 Å². The lowest BCUT2D eigenvalue weighted by Crippen LogP contribution is -2.13. The Morgan fingerprint density at radius 2 is 1.93 bits per heavy atom. The molecule has 15 heavy (non-hydrogen) atoms. The number of hydrogen-bond acceptors (Lipinski definition) is 2. The Balaban J connectivity index is 0.00000196. The van der Waals surface area contributed by atoms with Gasteiger partial charge in [-0.05, 0) is 43.1 Å². The highest BCUT2D eigenvalue weighted by atomic mass is 35.5. The van der Waals surface area contributed by atoms with Gasteiger partial charge in [0.15, 0.2) is 0 Å². The molecular weight excluding hydrogens is 254 g/mol. The van der Waals surface area contributed by atoms with Gasteiger partial charge in [-0.2, -0.15) is 0 Å². The van der Waals surface area contributed by atoms with E-state index in [-0.39, 0.29) is 18.4 Å². The summed E-state index contributed by atoms with van der Waals surface area (Å²) in [7, 11) is 0. The van der Waals surface area contributed by atoms with Gasteiger partial charge in [-0.3, -0.25) is 0 Å². The van der Waals surface area contributed by atoms with Crippen LogP contribution in [0.2, 0.25) is 10.0 Å². The molecule has 1 aromatic carbocycles. The molecule has 86 valence electrons. The van der Waals surface area contributed by atoms with Crippen molar-refractivity contribution < 1.29 is 0 Å². The first kappa shape index (κ1) is 15.0. The van der Waals surface area contributed by atoms with Crippen molar-refractivity contribution >= 4 is 35.6 Å². The monoisotopic (exact) mass is 268 g/mol. The van der Waals surface area contributed by atoms with E-state index in [1.165, 1.54) is 0 Å². The van der Waals surface area contributed by atoms with Crippen LogP contribution in [0, 0.1) is 0 Å². The molecule has 0 fully saturated rings. The third-order valence-electron chi connectivity index (χ3n) is 2.08. The molecule has 0 aliphatic heterocycles. The van der Waals surface area contributed by atoms with E-state index in [0.29, 0.717) is 16.6 Å². The van der Waals surface area contributed by atoms with Gasteiger partial charge in [-0.15, -0.1) is 12.4 Å². The number of halogens is 3. The van der Waals surface area contributed by atoms with Gasteiger partial charge >= 0.3 is 0 Å². The zero-order chi connectivity index (χ0) is 10.6. The van der Waals surface area contributed by atoms with Crippen molar-refractivity contribution in [1.82, 2.24) is 0 Å². The molecule has 0 amide bonds. The molecule has 0 spiro atoms. The van der Waals surface area contributed by atoms with Gasteiger partial charge in [0.1, 0.15) is 0 Å². The van der Waals surface area contributed by atoms with Crippen LogP contribution < -0.4 is 11.5 Å². The molecule has 4 N–H and O–H groups in total. The summed E-state index contributed by atoms with van der Waals surface area (Å²) in [6, 6.07) is 5.25. The van der Waals surface area contributed by atoms with E-state index in [4.69, 9.17) is 34.7 Å². The van der Waals surface area contributed by atoms with E-state index in [0.717, 1.165) is 18.4 Å². The fourth-order valence-corrected chi connectivity index (χ4v) is 1.73. The van der Waals surface area contributed by atoms with Crippen LogP contribution in [0.5, 0.6) is 0 Å². The van der Waals surface area contributed by atoms with E-state index in [1.54, 1.807) is 12.1 Å². The van der Waals surface area contributed by atoms with Crippen LogP contribution in [0.1, 0.15) is 24.4 Å². The molecule has 0 aliphatic carbocycles. The summed E-state index contributed by atoms with van der Waals surface area (Å²) in [5.41, 5.74) is 12.3. The first-order valence-electron chi connectivity index (χ1n) is 4.55. The SMILES string of the molecule is Cl.NCCC[C@H](N)c1cc(Cl)ccc1Cl. The third kappa shape index (κ3) is 4.58. The maximum absolute atomic E-state index is 6.00. The van der Waals surface area contributed by atoms with Crippen molar-refractivity contribution in [2.24, 2.45) is 11.5 Å². The van der Waals surface area contributed by atoms with Gasteiger partial charge in [-0.25, -0.2) is 0 Å². The maximum Gasteiger partial charge on any atom is 0.0454 e. The van der Waals surface area contributed by atoms with Gasteiger partial charge in [0, 0.05) is 16.1 Å². The Morgan fingerprint density at radius 3 is 2.53 bits per heavy atom. The average Bonchev–Trinajstić information content (AvgIpc) is 2.18. The van der Waals surface area contributed by atoms with E-state index in [9.17, 15) is 0 Å². The van der Waals surface area contributed by atoms with Crippen molar-refractivity contribution in [1.29, 1.82) is 0 Å². The summed E-state index contributed by atoms with van der Waals surface area (Å²) in [4.78, 5) is 0. The van der Waals surface area contributed by atoms with Gasteiger partial charge in [0.25, 0.3) is 0 Å². The average molecular weight is 270 g/mol. The van der Waals surface area contributed by atoms with Crippen LogP contribution in [-0.4, -0.2) is 6.54 Å². The van der Waals surface area contributed by atoms with Gasteiger partial charge in [0.2, 0.25) is 0 Å². The summed E-state index contributed by atoms with van der Waals surface area (Å²) in [5.74, 6) is 0. The Morgan fingerprint density at radius 1 is 1.27 bits per heavy atom. The third-order valence-corrected chi connectivity index (χ3v) is 2.66. The van der Waals surface area contributed by atoms with Crippen LogP contribution in [-0.2, 0) is 0 Å². The lowest BCUT2D eigenvalue weighted by Gasteiger charge is -2.13. The molecule has 5 heteroatoms. The van der Waals surface area contributed by atoms with E-state index in [2.05, 4.69) is 0 Å². The second-order valence-electron chi connectivity index (χ2n) is 3.20. The Bertz CT molecular complexity index is 305. The molecule has 0 radical (unpaired) electrons. The molecule has 0 saturated carbocycles. The molecule has 2 nitrogen and oxygen atoms in total. The predicted molar refractivity (Wildman–Crippen MR) is 68.9 cm³/mol. The van der Waals surface area contributed by atoms with Gasteiger partial charge in [0.05, 0.1) is 0 Å². The Kier molecular flexibility index (Phi) is 7.32. The Labute approximate surface area is 106 Å². The highest BCUT2D eigenvalue weighted by molar-refractivity contribution is 6.33. The molecule has 0 heterocycles. The number of nitrogens with two attached hydrogens (primary N) is 2. The molecule has 1 atom stereocenters. The zero-order valence-corrected chi connectivity index (χ0v) is 10.6. The lowest BCUT2D eigenvalue weighted by atomic mass is 10.0. The van der Waals surface area contributed by atoms with E-state index in [1.807, 2.05) is 6.07 Å². The van der Waals surface area contributed by atoms with Crippen molar-refractivity contribution in [3.8, 4) is 0 Å². The fraction of sp³-hybridized carbons (Fsp3) is 0.400. The molecule has 1 rings (SSSR count). The van der Waals surface area contributed by atoms with Crippen molar-refractivity contribution in [2.75, 3.05) is 6.54 Å². The summed E-state index contributed by atoms with van der Waals surface area (Å²) in [6.45, 7) is 0.645. The van der Waals surface area contributed by atoms with Crippen molar-refractivity contribution in [3.63, 3.8) is 0 Å². The van der Waals surface area contributed by atoms with Crippen LogP contribution in [0.3, 0.4) is 0 Å². The number of hydrogen-bond donors (Lipinski definition) is 2. The molecular formula is C10H15Cl3N2. The molecule has 1 aromatic rings. The van der Waals surface area contributed by atoms with Crippen molar-refractivity contribution in [2.45, 2.75) is 18.9 Å². The second-order valence-corrected chi connectivity index (χ2v) is 4.05.